The monoisotopic (exact) mass is 397 g/mol. The maximum absolute atomic E-state index is 12.5. The highest BCUT2D eigenvalue weighted by Crippen LogP contribution is 2.23. The first-order chi connectivity index (χ1) is 13.3. The Labute approximate surface area is 165 Å². The Bertz CT molecular complexity index is 1090. The molecule has 0 bridgehead atoms. The molecule has 0 spiro atoms. The van der Waals surface area contributed by atoms with Crippen molar-refractivity contribution >= 4 is 26.5 Å². The number of hydrogen-bond donors (Lipinski definition) is 0. The molecule has 0 aliphatic rings. The number of rotatable bonds is 6. The Hall–Kier alpha value is -2.86. The van der Waals surface area contributed by atoms with Gasteiger partial charge < -0.3 is 9.64 Å². The summed E-state index contributed by atoms with van der Waals surface area (Å²) in [5.41, 5.74) is 0.856. The van der Waals surface area contributed by atoms with Crippen LogP contribution in [0.2, 0.25) is 0 Å². The molecule has 1 amide bonds. The molecule has 3 rings (SSSR count). The van der Waals surface area contributed by atoms with Gasteiger partial charge in [0.15, 0.2) is 16.4 Å². The van der Waals surface area contributed by atoms with Gasteiger partial charge in [0, 0.05) is 13.3 Å². The van der Waals surface area contributed by atoms with Crippen molar-refractivity contribution in [2.24, 2.45) is 0 Å². The van der Waals surface area contributed by atoms with Crippen LogP contribution in [0, 0.1) is 0 Å². The van der Waals surface area contributed by atoms with Crippen molar-refractivity contribution in [1.82, 2.24) is 4.90 Å². The fraction of sp³-hybridized carbons (Fsp3) is 0.227. The largest absolute Gasteiger partial charge is 0.484 e. The maximum Gasteiger partial charge on any atom is 0.260 e. The van der Waals surface area contributed by atoms with Crippen LogP contribution >= 0.6 is 0 Å². The van der Waals surface area contributed by atoms with E-state index in [9.17, 15) is 13.2 Å². The summed E-state index contributed by atoms with van der Waals surface area (Å²) in [7, 11) is -1.53. The van der Waals surface area contributed by atoms with E-state index < -0.39 is 9.84 Å². The molecular weight excluding hydrogens is 374 g/mol. The van der Waals surface area contributed by atoms with Gasteiger partial charge in [-0.1, -0.05) is 42.5 Å². The number of sulfone groups is 1. The van der Waals surface area contributed by atoms with E-state index >= 15 is 0 Å². The number of amides is 1. The first-order valence-corrected chi connectivity index (χ1v) is 10.8. The smallest absolute Gasteiger partial charge is 0.260 e. The average molecular weight is 397 g/mol. The van der Waals surface area contributed by atoms with Crippen molar-refractivity contribution < 1.29 is 17.9 Å². The molecular formula is C22H23NO4S. The standard InChI is InChI=1S/C22H23NO4S/c1-16(17-9-12-21(13-10-17)28(3,25)26)23(2)22(24)15-27-20-11-8-18-6-4-5-7-19(18)14-20/h4-14,16H,15H2,1-3H3. The summed E-state index contributed by atoms with van der Waals surface area (Å²) in [4.78, 5) is 14.4. The van der Waals surface area contributed by atoms with E-state index in [1.54, 1.807) is 36.2 Å². The van der Waals surface area contributed by atoms with Gasteiger partial charge in [-0.25, -0.2) is 8.42 Å². The minimum absolute atomic E-state index is 0.0688. The van der Waals surface area contributed by atoms with E-state index in [4.69, 9.17) is 4.74 Å². The molecule has 0 aliphatic heterocycles. The predicted octanol–water partition coefficient (Wildman–Crippen LogP) is 3.84. The second-order valence-electron chi connectivity index (χ2n) is 6.82. The van der Waals surface area contributed by atoms with E-state index in [0.29, 0.717) is 5.75 Å². The second kappa shape index (κ2) is 8.02. The molecule has 1 unspecified atom stereocenters. The molecule has 0 radical (unpaired) electrons. The number of nitrogens with zero attached hydrogens (tertiary/aromatic N) is 1. The molecule has 0 saturated heterocycles. The van der Waals surface area contributed by atoms with Crippen LogP contribution in [0.15, 0.2) is 71.6 Å². The first-order valence-electron chi connectivity index (χ1n) is 8.93. The van der Waals surface area contributed by atoms with E-state index in [2.05, 4.69) is 0 Å². The molecule has 0 fully saturated rings. The van der Waals surface area contributed by atoms with Gasteiger partial charge in [0.1, 0.15) is 5.75 Å². The van der Waals surface area contributed by atoms with Crippen LogP contribution in [-0.4, -0.2) is 39.1 Å². The van der Waals surface area contributed by atoms with Crippen molar-refractivity contribution in [3.8, 4) is 5.75 Å². The van der Waals surface area contributed by atoms with Crippen molar-refractivity contribution in [3.05, 3.63) is 72.3 Å². The Morgan fingerprint density at radius 3 is 2.29 bits per heavy atom. The number of fused-ring (bicyclic) bond motifs is 1. The van der Waals surface area contributed by atoms with Gasteiger partial charge in [0.05, 0.1) is 10.9 Å². The van der Waals surface area contributed by atoms with Gasteiger partial charge in [-0.3, -0.25) is 4.79 Å². The average Bonchev–Trinajstić information content (AvgIpc) is 2.70. The summed E-state index contributed by atoms with van der Waals surface area (Å²) in [5, 5.41) is 2.17. The molecule has 3 aromatic carbocycles. The van der Waals surface area contributed by atoms with Crippen molar-refractivity contribution in [2.75, 3.05) is 19.9 Å². The number of carbonyl (C=O) groups is 1. The number of ether oxygens (including phenoxy) is 1. The quantitative estimate of drug-likeness (QED) is 0.634. The van der Waals surface area contributed by atoms with Gasteiger partial charge in [-0.15, -0.1) is 0 Å². The lowest BCUT2D eigenvalue weighted by atomic mass is 10.1. The van der Waals surface area contributed by atoms with Crippen molar-refractivity contribution in [1.29, 1.82) is 0 Å². The fourth-order valence-corrected chi connectivity index (χ4v) is 3.57. The van der Waals surface area contributed by atoms with Crippen LogP contribution < -0.4 is 4.74 Å². The molecule has 0 aliphatic carbocycles. The van der Waals surface area contributed by atoms with Crippen LogP contribution in [0.4, 0.5) is 0 Å². The maximum atomic E-state index is 12.5. The van der Waals surface area contributed by atoms with E-state index in [1.165, 1.54) is 6.26 Å². The highest BCUT2D eigenvalue weighted by molar-refractivity contribution is 7.90. The van der Waals surface area contributed by atoms with Gasteiger partial charge in [-0.05, 0) is 47.5 Å². The molecule has 5 nitrogen and oxygen atoms in total. The van der Waals surface area contributed by atoms with Crippen LogP contribution in [0.25, 0.3) is 10.8 Å². The first kappa shape index (κ1) is 19.9. The van der Waals surface area contributed by atoms with Gasteiger partial charge in [0.2, 0.25) is 0 Å². The third-order valence-electron chi connectivity index (χ3n) is 4.85. The third kappa shape index (κ3) is 4.51. The molecule has 1 atom stereocenters. The summed E-state index contributed by atoms with van der Waals surface area (Å²) in [5.74, 6) is 0.485. The van der Waals surface area contributed by atoms with Crippen molar-refractivity contribution in [3.63, 3.8) is 0 Å². The third-order valence-corrected chi connectivity index (χ3v) is 5.98. The Morgan fingerprint density at radius 2 is 1.64 bits per heavy atom. The van der Waals surface area contributed by atoms with Crippen LogP contribution in [0.1, 0.15) is 18.5 Å². The zero-order valence-electron chi connectivity index (χ0n) is 16.1. The predicted molar refractivity (Wildman–Crippen MR) is 110 cm³/mol. The number of carbonyl (C=O) groups excluding carboxylic acids is 1. The van der Waals surface area contributed by atoms with E-state index in [1.807, 2.05) is 49.4 Å². The van der Waals surface area contributed by atoms with Gasteiger partial charge in [-0.2, -0.15) is 0 Å². The number of likely N-dealkylation sites (N-methyl/N-ethyl adjacent to an activating group) is 1. The van der Waals surface area contributed by atoms with Crippen LogP contribution in [0.5, 0.6) is 5.75 Å². The summed E-state index contributed by atoms with van der Waals surface area (Å²) in [6.07, 6.45) is 1.17. The summed E-state index contributed by atoms with van der Waals surface area (Å²) < 4.78 is 28.8. The highest BCUT2D eigenvalue weighted by Gasteiger charge is 2.18. The number of hydrogen-bond acceptors (Lipinski definition) is 4. The minimum atomic E-state index is -3.24. The van der Waals surface area contributed by atoms with Crippen molar-refractivity contribution in [2.45, 2.75) is 17.9 Å². The Balaban J connectivity index is 1.64. The zero-order chi connectivity index (χ0) is 20.3. The fourth-order valence-electron chi connectivity index (χ4n) is 2.94. The zero-order valence-corrected chi connectivity index (χ0v) is 16.9. The molecule has 28 heavy (non-hydrogen) atoms. The number of benzene rings is 3. The highest BCUT2D eigenvalue weighted by atomic mass is 32.2. The summed E-state index contributed by atoms with van der Waals surface area (Å²) >= 11 is 0. The van der Waals surface area contributed by atoms with Gasteiger partial charge >= 0.3 is 0 Å². The molecule has 0 aromatic heterocycles. The molecule has 3 aromatic rings. The van der Waals surface area contributed by atoms with Crippen LogP contribution in [0.3, 0.4) is 0 Å². The Kier molecular flexibility index (Phi) is 5.70. The molecule has 0 N–H and O–H groups in total. The molecule has 0 saturated carbocycles. The second-order valence-corrected chi connectivity index (χ2v) is 8.84. The Morgan fingerprint density at radius 1 is 1.00 bits per heavy atom. The molecule has 0 heterocycles. The van der Waals surface area contributed by atoms with E-state index in [-0.39, 0.29) is 23.5 Å². The normalized spacial score (nSPS) is 12.5. The lowest BCUT2D eigenvalue weighted by Gasteiger charge is -2.25. The SMILES string of the molecule is CC(c1ccc(S(C)(=O)=O)cc1)N(C)C(=O)COc1ccc2ccccc2c1. The topological polar surface area (TPSA) is 63.7 Å². The lowest BCUT2D eigenvalue weighted by Crippen LogP contribution is -2.33. The molecule has 146 valence electrons. The summed E-state index contributed by atoms with van der Waals surface area (Å²) in [6, 6.07) is 20.1. The molecule has 6 heteroatoms. The summed E-state index contributed by atoms with van der Waals surface area (Å²) in [6.45, 7) is 1.82. The lowest BCUT2D eigenvalue weighted by molar-refractivity contribution is -0.134. The van der Waals surface area contributed by atoms with E-state index in [0.717, 1.165) is 16.3 Å². The van der Waals surface area contributed by atoms with Gasteiger partial charge in [0.25, 0.3) is 5.91 Å². The minimum Gasteiger partial charge on any atom is -0.484 e. The van der Waals surface area contributed by atoms with Crippen LogP contribution in [-0.2, 0) is 14.6 Å².